The Balaban J connectivity index is 2.57. The SMILES string of the molecule is COCCCNc1ccc([N+](=O)[O-])cc1N. The minimum absolute atomic E-state index is 0.0000541. The molecule has 3 N–H and O–H groups in total. The number of non-ortho nitro benzene ring substituents is 1. The number of nitrogens with one attached hydrogen (secondary N) is 1. The highest BCUT2D eigenvalue weighted by Gasteiger charge is 2.07. The average molecular weight is 225 g/mol. The van der Waals surface area contributed by atoms with Crippen molar-refractivity contribution in [3.8, 4) is 0 Å². The van der Waals surface area contributed by atoms with E-state index >= 15 is 0 Å². The second-order valence-corrected chi connectivity index (χ2v) is 3.30. The second kappa shape index (κ2) is 5.92. The zero-order valence-electron chi connectivity index (χ0n) is 9.10. The molecule has 6 nitrogen and oxygen atoms in total. The summed E-state index contributed by atoms with van der Waals surface area (Å²) in [5.41, 5.74) is 6.77. The van der Waals surface area contributed by atoms with Crippen molar-refractivity contribution in [1.29, 1.82) is 0 Å². The molecule has 0 unspecified atom stereocenters. The van der Waals surface area contributed by atoms with Crippen LogP contribution in [0.15, 0.2) is 18.2 Å². The van der Waals surface area contributed by atoms with Gasteiger partial charge in [0.05, 0.1) is 16.3 Å². The Morgan fingerprint density at radius 3 is 2.88 bits per heavy atom. The van der Waals surface area contributed by atoms with E-state index in [9.17, 15) is 10.1 Å². The number of nitrogens with zero attached hydrogens (tertiary/aromatic N) is 1. The molecule has 88 valence electrons. The molecular weight excluding hydrogens is 210 g/mol. The Labute approximate surface area is 93.5 Å². The minimum atomic E-state index is -0.467. The van der Waals surface area contributed by atoms with Crippen molar-refractivity contribution < 1.29 is 9.66 Å². The number of anilines is 2. The number of rotatable bonds is 6. The van der Waals surface area contributed by atoms with Crippen LogP contribution in [-0.4, -0.2) is 25.2 Å². The van der Waals surface area contributed by atoms with Gasteiger partial charge in [-0.25, -0.2) is 0 Å². The quantitative estimate of drug-likeness (QED) is 0.332. The van der Waals surface area contributed by atoms with E-state index in [0.29, 0.717) is 18.0 Å². The third kappa shape index (κ3) is 3.39. The van der Waals surface area contributed by atoms with Crippen LogP contribution >= 0.6 is 0 Å². The summed E-state index contributed by atoms with van der Waals surface area (Å²) in [7, 11) is 1.64. The van der Waals surface area contributed by atoms with Crippen molar-refractivity contribution in [3.05, 3.63) is 28.3 Å². The first-order valence-corrected chi connectivity index (χ1v) is 4.92. The maximum Gasteiger partial charge on any atom is 0.271 e. The van der Waals surface area contributed by atoms with Gasteiger partial charge < -0.3 is 15.8 Å². The Morgan fingerprint density at radius 1 is 1.56 bits per heavy atom. The number of ether oxygens (including phenoxy) is 1. The molecule has 0 bridgehead atoms. The van der Waals surface area contributed by atoms with Gasteiger partial charge in [0.1, 0.15) is 0 Å². The maximum absolute atomic E-state index is 10.5. The summed E-state index contributed by atoms with van der Waals surface area (Å²) in [6.07, 6.45) is 0.854. The van der Waals surface area contributed by atoms with Crippen LogP contribution in [0.1, 0.15) is 6.42 Å². The lowest BCUT2D eigenvalue weighted by Crippen LogP contribution is -2.06. The average Bonchev–Trinajstić information content (AvgIpc) is 2.26. The lowest BCUT2D eigenvalue weighted by molar-refractivity contribution is -0.384. The van der Waals surface area contributed by atoms with Crippen LogP contribution in [-0.2, 0) is 4.74 Å². The van der Waals surface area contributed by atoms with Gasteiger partial charge in [0.15, 0.2) is 0 Å². The number of nitro benzene ring substituents is 1. The third-order valence-corrected chi connectivity index (χ3v) is 2.09. The number of nitro groups is 1. The zero-order valence-corrected chi connectivity index (χ0v) is 9.10. The van der Waals surface area contributed by atoms with E-state index in [4.69, 9.17) is 10.5 Å². The predicted octanol–water partition coefficient (Wildman–Crippen LogP) is 1.63. The number of methoxy groups -OCH3 is 1. The molecule has 1 aromatic carbocycles. The molecule has 1 aromatic rings. The predicted molar refractivity (Wildman–Crippen MR) is 62.5 cm³/mol. The molecule has 6 heteroatoms. The smallest absolute Gasteiger partial charge is 0.271 e. The van der Waals surface area contributed by atoms with Gasteiger partial charge in [-0.2, -0.15) is 0 Å². The summed E-state index contributed by atoms with van der Waals surface area (Å²) >= 11 is 0. The first kappa shape index (κ1) is 12.3. The lowest BCUT2D eigenvalue weighted by Gasteiger charge is -2.08. The minimum Gasteiger partial charge on any atom is -0.397 e. The fraction of sp³-hybridized carbons (Fsp3) is 0.400. The van der Waals surface area contributed by atoms with Crippen molar-refractivity contribution in [3.63, 3.8) is 0 Å². The van der Waals surface area contributed by atoms with Crippen LogP contribution in [0.3, 0.4) is 0 Å². The van der Waals surface area contributed by atoms with Crippen LogP contribution in [0.2, 0.25) is 0 Å². The number of hydrogen-bond acceptors (Lipinski definition) is 5. The molecule has 0 saturated heterocycles. The number of nitrogen functional groups attached to an aromatic ring is 1. The molecule has 1 rings (SSSR count). The monoisotopic (exact) mass is 225 g/mol. The maximum atomic E-state index is 10.5. The molecule has 0 radical (unpaired) electrons. The molecular formula is C10H15N3O3. The first-order valence-electron chi connectivity index (χ1n) is 4.92. The Kier molecular flexibility index (Phi) is 4.53. The number of hydrogen-bond donors (Lipinski definition) is 2. The van der Waals surface area contributed by atoms with Crippen molar-refractivity contribution in [1.82, 2.24) is 0 Å². The highest BCUT2D eigenvalue weighted by Crippen LogP contribution is 2.23. The normalized spacial score (nSPS) is 10.1. The Bertz CT molecular complexity index is 368. The summed E-state index contributed by atoms with van der Waals surface area (Å²) in [4.78, 5) is 10.0. The standard InChI is InChI=1S/C10H15N3O3/c1-16-6-2-5-12-10-4-3-8(13(14)15)7-9(10)11/h3-4,7,12H,2,5-6,11H2,1H3. The molecule has 0 aliphatic carbocycles. The molecule has 0 heterocycles. The van der Waals surface area contributed by atoms with Crippen molar-refractivity contribution in [2.24, 2.45) is 0 Å². The summed E-state index contributed by atoms with van der Waals surface area (Å²) in [5.74, 6) is 0. The Hall–Kier alpha value is -1.82. The van der Waals surface area contributed by atoms with E-state index in [1.807, 2.05) is 0 Å². The van der Waals surface area contributed by atoms with Gasteiger partial charge in [0, 0.05) is 32.4 Å². The summed E-state index contributed by atoms with van der Waals surface area (Å²) in [6.45, 7) is 1.38. The first-order chi connectivity index (χ1) is 7.65. The molecule has 0 spiro atoms. The van der Waals surface area contributed by atoms with Gasteiger partial charge in [-0.3, -0.25) is 10.1 Å². The van der Waals surface area contributed by atoms with E-state index in [2.05, 4.69) is 5.32 Å². The Morgan fingerprint density at radius 2 is 2.31 bits per heavy atom. The summed E-state index contributed by atoms with van der Waals surface area (Å²) in [5, 5.41) is 13.6. The van der Waals surface area contributed by atoms with Crippen LogP contribution in [0, 0.1) is 10.1 Å². The van der Waals surface area contributed by atoms with E-state index in [-0.39, 0.29) is 5.69 Å². The molecule has 0 saturated carbocycles. The van der Waals surface area contributed by atoms with Crippen molar-refractivity contribution >= 4 is 17.1 Å². The second-order valence-electron chi connectivity index (χ2n) is 3.30. The summed E-state index contributed by atoms with van der Waals surface area (Å²) in [6, 6.07) is 4.38. The van der Waals surface area contributed by atoms with E-state index in [1.165, 1.54) is 12.1 Å². The highest BCUT2D eigenvalue weighted by atomic mass is 16.6. The molecule has 0 fully saturated rings. The third-order valence-electron chi connectivity index (χ3n) is 2.09. The highest BCUT2D eigenvalue weighted by molar-refractivity contribution is 5.69. The fourth-order valence-electron chi connectivity index (χ4n) is 1.26. The molecule has 16 heavy (non-hydrogen) atoms. The van der Waals surface area contributed by atoms with Gasteiger partial charge in [0.25, 0.3) is 5.69 Å². The molecule has 0 aliphatic rings. The zero-order chi connectivity index (χ0) is 12.0. The van der Waals surface area contributed by atoms with E-state index in [1.54, 1.807) is 13.2 Å². The van der Waals surface area contributed by atoms with Crippen molar-refractivity contribution in [2.45, 2.75) is 6.42 Å². The molecule has 0 atom stereocenters. The summed E-state index contributed by atoms with van der Waals surface area (Å²) < 4.78 is 4.90. The largest absolute Gasteiger partial charge is 0.397 e. The van der Waals surface area contributed by atoms with Gasteiger partial charge in [-0.05, 0) is 12.5 Å². The fourth-order valence-corrected chi connectivity index (χ4v) is 1.26. The topological polar surface area (TPSA) is 90.4 Å². The van der Waals surface area contributed by atoms with Gasteiger partial charge in [0.2, 0.25) is 0 Å². The van der Waals surface area contributed by atoms with E-state index in [0.717, 1.165) is 13.0 Å². The van der Waals surface area contributed by atoms with Crippen LogP contribution in [0.4, 0.5) is 17.1 Å². The van der Waals surface area contributed by atoms with Gasteiger partial charge in [-0.15, -0.1) is 0 Å². The molecule has 0 amide bonds. The van der Waals surface area contributed by atoms with E-state index < -0.39 is 4.92 Å². The van der Waals surface area contributed by atoms with Gasteiger partial charge in [-0.1, -0.05) is 0 Å². The lowest BCUT2D eigenvalue weighted by atomic mass is 10.2. The number of benzene rings is 1. The molecule has 0 aliphatic heterocycles. The number of nitrogens with two attached hydrogens (primary N) is 1. The van der Waals surface area contributed by atoms with Crippen LogP contribution < -0.4 is 11.1 Å². The van der Waals surface area contributed by atoms with Crippen LogP contribution in [0.5, 0.6) is 0 Å². The van der Waals surface area contributed by atoms with Gasteiger partial charge >= 0.3 is 0 Å². The molecule has 0 aromatic heterocycles. The van der Waals surface area contributed by atoms with Crippen molar-refractivity contribution in [2.75, 3.05) is 31.3 Å². The van der Waals surface area contributed by atoms with Crippen LogP contribution in [0.25, 0.3) is 0 Å².